The summed E-state index contributed by atoms with van der Waals surface area (Å²) >= 11 is 5.34. The topological polar surface area (TPSA) is 44.4 Å². The minimum absolute atomic E-state index is 0.262. The molecule has 2 aromatic rings. The minimum atomic E-state index is 0.262. The lowest BCUT2D eigenvalue weighted by Gasteiger charge is -2.16. The molecule has 130 valence electrons. The number of anilines is 1. The van der Waals surface area contributed by atoms with Crippen molar-refractivity contribution < 1.29 is 4.79 Å². The number of hydrogen-bond acceptors (Lipinski definition) is 2. The Kier molecular flexibility index (Phi) is 5.66. The molecule has 1 amide bonds. The molecule has 0 bridgehead atoms. The van der Waals surface area contributed by atoms with Gasteiger partial charge in [0, 0.05) is 31.7 Å². The molecule has 1 saturated heterocycles. The Balaban J connectivity index is 1.47. The lowest BCUT2D eigenvalue weighted by atomic mass is 10.1. The zero-order chi connectivity index (χ0) is 17.6. The summed E-state index contributed by atoms with van der Waals surface area (Å²) in [5, 5.41) is 7.00. The number of nitrogens with one attached hydrogen (secondary N) is 2. The van der Waals surface area contributed by atoms with Crippen molar-refractivity contribution in [3.63, 3.8) is 0 Å². The van der Waals surface area contributed by atoms with Gasteiger partial charge in [-0.2, -0.15) is 0 Å². The van der Waals surface area contributed by atoms with Gasteiger partial charge in [0.15, 0.2) is 5.11 Å². The Labute approximate surface area is 154 Å². The van der Waals surface area contributed by atoms with Crippen LogP contribution in [0.15, 0.2) is 48.5 Å². The molecule has 2 aromatic carbocycles. The first-order valence-corrected chi connectivity index (χ1v) is 8.98. The second kappa shape index (κ2) is 8.12. The molecule has 0 saturated carbocycles. The molecule has 0 atom stereocenters. The fourth-order valence-electron chi connectivity index (χ4n) is 2.85. The van der Waals surface area contributed by atoms with Crippen LogP contribution in [0.1, 0.15) is 29.5 Å². The summed E-state index contributed by atoms with van der Waals surface area (Å²) in [7, 11) is 0. The number of nitrogens with zero attached hydrogens (tertiary/aromatic N) is 1. The molecule has 4 nitrogen and oxygen atoms in total. The van der Waals surface area contributed by atoms with Crippen LogP contribution in [0.25, 0.3) is 0 Å². The first-order chi connectivity index (χ1) is 12.1. The van der Waals surface area contributed by atoms with Gasteiger partial charge in [-0.15, -0.1) is 0 Å². The third-order valence-electron chi connectivity index (χ3n) is 4.33. The first-order valence-electron chi connectivity index (χ1n) is 8.57. The van der Waals surface area contributed by atoms with Crippen LogP contribution in [0.4, 0.5) is 5.69 Å². The van der Waals surface area contributed by atoms with E-state index in [0.29, 0.717) is 24.6 Å². The van der Waals surface area contributed by atoms with E-state index in [2.05, 4.69) is 54.0 Å². The van der Waals surface area contributed by atoms with E-state index in [4.69, 9.17) is 12.2 Å². The Bertz CT molecular complexity index is 741. The van der Waals surface area contributed by atoms with Crippen LogP contribution in [0.3, 0.4) is 0 Å². The van der Waals surface area contributed by atoms with E-state index < -0.39 is 0 Å². The number of thiocarbonyl (C=S) groups is 1. The summed E-state index contributed by atoms with van der Waals surface area (Å²) in [5.74, 6) is 0.262. The molecule has 0 spiro atoms. The molecule has 1 aliphatic heterocycles. The molecule has 0 radical (unpaired) electrons. The number of carbonyl (C=O) groups is 1. The van der Waals surface area contributed by atoms with Crippen molar-refractivity contribution in [1.29, 1.82) is 0 Å². The SMILES string of the molecule is Cc1ccc(NC(=S)NCc2ccc(CN3CCCC3=O)cc2)cc1. The highest BCUT2D eigenvalue weighted by Crippen LogP contribution is 2.15. The molecule has 1 heterocycles. The first kappa shape index (κ1) is 17.4. The van der Waals surface area contributed by atoms with E-state index in [1.54, 1.807) is 0 Å². The summed E-state index contributed by atoms with van der Waals surface area (Å²) in [6, 6.07) is 16.5. The van der Waals surface area contributed by atoms with E-state index in [9.17, 15) is 4.79 Å². The van der Waals surface area contributed by atoms with Crippen LogP contribution in [0, 0.1) is 6.92 Å². The molecule has 2 N–H and O–H groups in total. The normalized spacial score (nSPS) is 13.8. The van der Waals surface area contributed by atoms with E-state index in [1.807, 2.05) is 17.0 Å². The van der Waals surface area contributed by atoms with Gasteiger partial charge in [0.25, 0.3) is 0 Å². The number of amides is 1. The summed E-state index contributed by atoms with van der Waals surface area (Å²) in [4.78, 5) is 13.6. The molecular formula is C20H23N3OS. The van der Waals surface area contributed by atoms with Gasteiger partial charge in [0.05, 0.1) is 0 Å². The molecule has 5 heteroatoms. The van der Waals surface area contributed by atoms with Crippen LogP contribution in [0.2, 0.25) is 0 Å². The van der Waals surface area contributed by atoms with Crippen LogP contribution >= 0.6 is 12.2 Å². The second-order valence-electron chi connectivity index (χ2n) is 6.41. The van der Waals surface area contributed by atoms with Gasteiger partial charge < -0.3 is 15.5 Å². The fraction of sp³-hybridized carbons (Fsp3) is 0.300. The van der Waals surface area contributed by atoms with Crippen LogP contribution in [-0.2, 0) is 17.9 Å². The average molecular weight is 353 g/mol. The van der Waals surface area contributed by atoms with Crippen molar-refractivity contribution in [1.82, 2.24) is 10.2 Å². The largest absolute Gasteiger partial charge is 0.358 e. The van der Waals surface area contributed by atoms with Crippen molar-refractivity contribution in [3.05, 3.63) is 65.2 Å². The van der Waals surface area contributed by atoms with E-state index in [1.165, 1.54) is 11.1 Å². The van der Waals surface area contributed by atoms with Gasteiger partial charge in [0.2, 0.25) is 5.91 Å². The van der Waals surface area contributed by atoms with E-state index >= 15 is 0 Å². The van der Waals surface area contributed by atoms with Gasteiger partial charge in [-0.05, 0) is 48.8 Å². The number of carbonyl (C=O) groups excluding carboxylic acids is 1. The maximum Gasteiger partial charge on any atom is 0.222 e. The standard InChI is InChI=1S/C20H23N3OS/c1-15-4-10-18(11-5-15)22-20(25)21-13-16-6-8-17(9-7-16)14-23-12-2-3-19(23)24/h4-11H,2-3,12-14H2,1H3,(H2,21,22,25). The molecule has 1 fully saturated rings. The minimum Gasteiger partial charge on any atom is -0.358 e. The quantitative estimate of drug-likeness (QED) is 0.806. The number of benzene rings is 2. The van der Waals surface area contributed by atoms with Crippen molar-refractivity contribution >= 4 is 28.9 Å². The summed E-state index contributed by atoms with van der Waals surface area (Å²) in [5.41, 5.74) is 4.53. The van der Waals surface area contributed by atoms with Crippen LogP contribution in [0.5, 0.6) is 0 Å². The van der Waals surface area contributed by atoms with Crippen LogP contribution < -0.4 is 10.6 Å². The predicted octanol–water partition coefficient (Wildman–Crippen LogP) is 3.60. The van der Waals surface area contributed by atoms with Gasteiger partial charge >= 0.3 is 0 Å². The highest BCUT2D eigenvalue weighted by Gasteiger charge is 2.19. The Morgan fingerprint density at radius 3 is 2.40 bits per heavy atom. The second-order valence-corrected chi connectivity index (χ2v) is 6.82. The number of hydrogen-bond donors (Lipinski definition) is 2. The molecule has 3 rings (SSSR count). The highest BCUT2D eigenvalue weighted by atomic mass is 32.1. The van der Waals surface area contributed by atoms with Crippen molar-refractivity contribution in [2.75, 3.05) is 11.9 Å². The third kappa shape index (κ3) is 5.03. The predicted molar refractivity (Wildman–Crippen MR) is 105 cm³/mol. The molecular weight excluding hydrogens is 330 g/mol. The Hall–Kier alpha value is -2.40. The Morgan fingerprint density at radius 1 is 1.08 bits per heavy atom. The maximum absolute atomic E-state index is 11.7. The van der Waals surface area contributed by atoms with Crippen molar-refractivity contribution in [3.8, 4) is 0 Å². The highest BCUT2D eigenvalue weighted by molar-refractivity contribution is 7.80. The summed E-state index contributed by atoms with van der Waals surface area (Å²) < 4.78 is 0. The third-order valence-corrected chi connectivity index (χ3v) is 4.58. The molecule has 0 unspecified atom stereocenters. The number of aryl methyl sites for hydroxylation is 1. The van der Waals surface area contributed by atoms with E-state index in [-0.39, 0.29) is 5.91 Å². The zero-order valence-corrected chi connectivity index (χ0v) is 15.2. The van der Waals surface area contributed by atoms with Crippen LogP contribution in [-0.4, -0.2) is 22.5 Å². The van der Waals surface area contributed by atoms with Crippen molar-refractivity contribution in [2.45, 2.75) is 32.9 Å². The van der Waals surface area contributed by atoms with Gasteiger partial charge in [0.1, 0.15) is 0 Å². The monoisotopic (exact) mass is 353 g/mol. The van der Waals surface area contributed by atoms with Crippen molar-refractivity contribution in [2.24, 2.45) is 0 Å². The van der Waals surface area contributed by atoms with Gasteiger partial charge in [-0.3, -0.25) is 4.79 Å². The Morgan fingerprint density at radius 2 is 1.76 bits per heavy atom. The lowest BCUT2D eigenvalue weighted by molar-refractivity contribution is -0.128. The summed E-state index contributed by atoms with van der Waals surface area (Å²) in [6.07, 6.45) is 1.67. The molecule has 0 aliphatic carbocycles. The van der Waals surface area contributed by atoms with E-state index in [0.717, 1.165) is 24.2 Å². The average Bonchev–Trinajstić information content (AvgIpc) is 3.01. The fourth-order valence-corrected chi connectivity index (χ4v) is 3.04. The molecule has 0 aromatic heterocycles. The summed E-state index contributed by atoms with van der Waals surface area (Å²) in [6.45, 7) is 4.31. The number of likely N-dealkylation sites (tertiary alicyclic amines) is 1. The zero-order valence-electron chi connectivity index (χ0n) is 14.4. The van der Waals surface area contributed by atoms with Gasteiger partial charge in [-0.1, -0.05) is 42.0 Å². The molecule has 1 aliphatic rings. The maximum atomic E-state index is 11.7. The molecule has 25 heavy (non-hydrogen) atoms. The number of rotatable bonds is 5. The lowest BCUT2D eigenvalue weighted by Crippen LogP contribution is -2.27. The van der Waals surface area contributed by atoms with Gasteiger partial charge in [-0.25, -0.2) is 0 Å². The smallest absolute Gasteiger partial charge is 0.222 e.